The van der Waals surface area contributed by atoms with E-state index in [1.165, 1.54) is 43.6 Å². The van der Waals surface area contributed by atoms with Crippen molar-refractivity contribution in [2.75, 3.05) is 25.0 Å². The number of rotatable bonds is 1. The maximum absolute atomic E-state index is 2.68. The molecule has 2 unspecified atom stereocenters. The molecule has 2 aliphatic heterocycles. The van der Waals surface area contributed by atoms with Crippen molar-refractivity contribution in [2.45, 2.75) is 38.3 Å². The largest absolute Gasteiger partial charge is 0.364 e. The van der Waals surface area contributed by atoms with Gasteiger partial charge in [-0.05, 0) is 51.9 Å². The maximum atomic E-state index is 2.68. The summed E-state index contributed by atoms with van der Waals surface area (Å²) in [6.07, 6.45) is 4.07. The summed E-state index contributed by atoms with van der Waals surface area (Å²) in [4.78, 5) is 5.17. The van der Waals surface area contributed by atoms with Crippen LogP contribution in [0.3, 0.4) is 0 Å². The van der Waals surface area contributed by atoms with Crippen LogP contribution in [0.15, 0.2) is 24.3 Å². The summed E-state index contributed by atoms with van der Waals surface area (Å²) < 4.78 is 0. The fraction of sp³-hybridized carbons (Fsp3) is 0.600. The third-order valence-electron chi connectivity index (χ3n) is 4.32. The molecule has 2 aliphatic rings. The number of fused-ring (bicyclic) bond motifs is 2. The van der Waals surface area contributed by atoms with Crippen molar-refractivity contribution in [1.29, 1.82) is 0 Å². The van der Waals surface area contributed by atoms with Crippen LogP contribution in [0.4, 0.5) is 5.69 Å². The number of benzene rings is 1. The second kappa shape index (κ2) is 4.34. The second-order valence-electron chi connectivity index (χ2n) is 5.68. The summed E-state index contributed by atoms with van der Waals surface area (Å²) in [6.45, 7) is 4.64. The Morgan fingerprint density at radius 1 is 1.00 bits per heavy atom. The highest BCUT2D eigenvalue weighted by atomic mass is 15.3. The molecule has 3 rings (SSSR count). The predicted octanol–water partition coefficient (Wildman–Crippen LogP) is 2.67. The molecule has 0 radical (unpaired) electrons. The Balaban J connectivity index is 1.89. The Morgan fingerprint density at radius 2 is 1.71 bits per heavy atom. The normalized spacial score (nSPS) is 29.4. The van der Waals surface area contributed by atoms with Gasteiger partial charge in [-0.1, -0.05) is 17.7 Å². The first-order valence-electron chi connectivity index (χ1n) is 6.77. The van der Waals surface area contributed by atoms with Crippen molar-refractivity contribution in [3.05, 3.63) is 29.8 Å². The lowest BCUT2D eigenvalue weighted by Crippen LogP contribution is -2.38. The molecule has 0 spiro atoms. The molecule has 2 bridgehead atoms. The van der Waals surface area contributed by atoms with Gasteiger partial charge >= 0.3 is 0 Å². The van der Waals surface area contributed by atoms with Crippen molar-refractivity contribution in [2.24, 2.45) is 0 Å². The van der Waals surface area contributed by atoms with E-state index < -0.39 is 0 Å². The van der Waals surface area contributed by atoms with E-state index >= 15 is 0 Å². The highest BCUT2D eigenvalue weighted by molar-refractivity contribution is 5.51. The number of nitrogens with zero attached hydrogens (tertiary/aromatic N) is 2. The molecule has 0 amide bonds. The van der Waals surface area contributed by atoms with Gasteiger partial charge in [0.2, 0.25) is 0 Å². The monoisotopic (exact) mass is 230 g/mol. The maximum Gasteiger partial charge on any atom is 0.0420 e. The molecule has 2 heterocycles. The van der Waals surface area contributed by atoms with Gasteiger partial charge < -0.3 is 9.80 Å². The van der Waals surface area contributed by atoms with E-state index in [9.17, 15) is 0 Å². The van der Waals surface area contributed by atoms with Crippen molar-refractivity contribution in [3.63, 3.8) is 0 Å². The van der Waals surface area contributed by atoms with Crippen LogP contribution in [0.25, 0.3) is 0 Å². The predicted molar refractivity (Wildman–Crippen MR) is 72.6 cm³/mol. The fourth-order valence-electron chi connectivity index (χ4n) is 3.38. The fourth-order valence-corrected chi connectivity index (χ4v) is 3.38. The minimum atomic E-state index is 0.732. The van der Waals surface area contributed by atoms with Crippen LogP contribution in [0.1, 0.15) is 24.8 Å². The van der Waals surface area contributed by atoms with Crippen molar-refractivity contribution in [3.8, 4) is 0 Å². The number of hydrogen-bond donors (Lipinski definition) is 0. The summed E-state index contributed by atoms with van der Waals surface area (Å²) in [5.41, 5.74) is 2.78. The molecule has 1 aromatic rings. The van der Waals surface area contributed by atoms with Crippen molar-refractivity contribution >= 4 is 5.69 Å². The van der Waals surface area contributed by atoms with E-state index in [2.05, 4.69) is 48.0 Å². The third kappa shape index (κ3) is 2.06. The minimum absolute atomic E-state index is 0.732. The van der Waals surface area contributed by atoms with E-state index in [1.54, 1.807) is 0 Å². The Kier molecular flexibility index (Phi) is 2.83. The van der Waals surface area contributed by atoms with Gasteiger partial charge in [0.25, 0.3) is 0 Å². The van der Waals surface area contributed by atoms with Crippen molar-refractivity contribution in [1.82, 2.24) is 4.90 Å². The van der Waals surface area contributed by atoms with Gasteiger partial charge in [-0.25, -0.2) is 0 Å². The molecule has 2 saturated heterocycles. The molecule has 2 heteroatoms. The lowest BCUT2D eigenvalue weighted by Gasteiger charge is -2.30. The number of hydrogen-bond acceptors (Lipinski definition) is 2. The first kappa shape index (κ1) is 11.1. The molecule has 17 heavy (non-hydrogen) atoms. The zero-order valence-electron chi connectivity index (χ0n) is 10.9. The zero-order valence-corrected chi connectivity index (χ0v) is 10.9. The van der Waals surface area contributed by atoms with Crippen LogP contribution >= 0.6 is 0 Å². The van der Waals surface area contributed by atoms with Gasteiger partial charge in [-0.15, -0.1) is 0 Å². The van der Waals surface area contributed by atoms with Gasteiger partial charge in [0.15, 0.2) is 0 Å². The highest BCUT2D eigenvalue weighted by Crippen LogP contribution is 2.34. The summed E-state index contributed by atoms with van der Waals surface area (Å²) >= 11 is 0. The first-order chi connectivity index (χ1) is 8.24. The molecule has 0 saturated carbocycles. The van der Waals surface area contributed by atoms with E-state index in [0.29, 0.717) is 0 Å². The van der Waals surface area contributed by atoms with Crippen LogP contribution in [0, 0.1) is 6.92 Å². The van der Waals surface area contributed by atoms with Crippen LogP contribution < -0.4 is 4.90 Å². The Bertz CT molecular complexity index is 384. The Labute approximate surface area is 104 Å². The molecule has 2 nitrogen and oxygen atoms in total. The lowest BCUT2D eigenvalue weighted by molar-refractivity contribution is 0.315. The quantitative estimate of drug-likeness (QED) is 0.732. The molecular weight excluding hydrogens is 208 g/mol. The summed E-state index contributed by atoms with van der Waals surface area (Å²) in [6, 6.07) is 10.6. The van der Waals surface area contributed by atoms with Gasteiger partial charge in [0, 0.05) is 24.3 Å². The van der Waals surface area contributed by atoms with E-state index in [-0.39, 0.29) is 0 Å². The van der Waals surface area contributed by atoms with Crippen LogP contribution in [-0.2, 0) is 0 Å². The number of likely N-dealkylation sites (tertiary alicyclic amines) is 1. The first-order valence-corrected chi connectivity index (χ1v) is 6.77. The van der Waals surface area contributed by atoms with E-state index in [1.807, 2.05) is 0 Å². The smallest absolute Gasteiger partial charge is 0.0420 e. The van der Waals surface area contributed by atoms with Gasteiger partial charge in [0.1, 0.15) is 0 Å². The van der Waals surface area contributed by atoms with Crippen LogP contribution in [-0.4, -0.2) is 37.1 Å². The SMILES string of the molecule is Cc1ccc(N2C3CCC2CN(C)CC3)cc1. The summed E-state index contributed by atoms with van der Waals surface area (Å²) in [5, 5.41) is 0. The lowest BCUT2D eigenvalue weighted by atomic mass is 10.1. The standard InChI is InChI=1S/C15H22N2/c1-12-3-5-13(6-4-12)17-14-7-8-15(17)11-16(2)10-9-14/h3-6,14-15H,7-11H2,1-2H3. The van der Waals surface area contributed by atoms with Gasteiger partial charge in [0.05, 0.1) is 0 Å². The Morgan fingerprint density at radius 3 is 2.47 bits per heavy atom. The van der Waals surface area contributed by atoms with Gasteiger partial charge in [-0.3, -0.25) is 0 Å². The molecule has 2 atom stereocenters. The average molecular weight is 230 g/mol. The average Bonchev–Trinajstić information content (AvgIpc) is 2.61. The van der Waals surface area contributed by atoms with Crippen molar-refractivity contribution < 1.29 is 0 Å². The van der Waals surface area contributed by atoms with Crippen LogP contribution in [0.5, 0.6) is 0 Å². The Hall–Kier alpha value is -1.02. The topological polar surface area (TPSA) is 6.48 Å². The minimum Gasteiger partial charge on any atom is -0.364 e. The number of anilines is 1. The highest BCUT2D eigenvalue weighted by Gasteiger charge is 2.36. The van der Waals surface area contributed by atoms with Gasteiger partial charge in [-0.2, -0.15) is 0 Å². The molecule has 1 aromatic carbocycles. The number of likely N-dealkylation sites (N-methyl/N-ethyl adjacent to an activating group) is 1. The van der Waals surface area contributed by atoms with E-state index in [0.717, 1.165) is 12.1 Å². The zero-order chi connectivity index (χ0) is 11.8. The van der Waals surface area contributed by atoms with Crippen LogP contribution in [0.2, 0.25) is 0 Å². The number of aryl methyl sites for hydroxylation is 1. The molecule has 0 aromatic heterocycles. The second-order valence-corrected chi connectivity index (χ2v) is 5.68. The molecule has 2 fully saturated rings. The van der Waals surface area contributed by atoms with E-state index in [4.69, 9.17) is 0 Å². The molecule has 0 aliphatic carbocycles. The molecular formula is C15H22N2. The molecule has 92 valence electrons. The molecule has 0 N–H and O–H groups in total. The third-order valence-corrected chi connectivity index (χ3v) is 4.32. The summed E-state index contributed by atoms with van der Waals surface area (Å²) in [7, 11) is 2.26. The summed E-state index contributed by atoms with van der Waals surface area (Å²) in [5.74, 6) is 0.